The maximum Gasteiger partial charge on any atom is 0.126 e. The van der Waals surface area contributed by atoms with Gasteiger partial charge in [-0.25, -0.2) is 4.39 Å². The maximum atomic E-state index is 13.8. The van der Waals surface area contributed by atoms with Crippen LogP contribution in [0.5, 0.6) is 0 Å². The van der Waals surface area contributed by atoms with Gasteiger partial charge >= 0.3 is 0 Å². The van der Waals surface area contributed by atoms with Crippen molar-refractivity contribution in [3.8, 4) is 0 Å². The second kappa shape index (κ2) is 6.70. The van der Waals surface area contributed by atoms with Crippen molar-refractivity contribution in [2.75, 3.05) is 6.54 Å². The fourth-order valence-corrected chi connectivity index (χ4v) is 2.74. The summed E-state index contributed by atoms with van der Waals surface area (Å²) >= 11 is 9.75. The lowest BCUT2D eigenvalue weighted by molar-refractivity contribution is 0.597. The first kappa shape index (κ1) is 15.5. The van der Waals surface area contributed by atoms with E-state index in [0.29, 0.717) is 10.6 Å². The highest BCUT2D eigenvalue weighted by atomic mass is 79.9. The number of hydrogen-bond acceptors (Lipinski definition) is 1. The van der Waals surface area contributed by atoms with Crippen molar-refractivity contribution in [3.05, 3.63) is 68.4 Å². The van der Waals surface area contributed by atoms with Gasteiger partial charge in [-0.3, -0.25) is 0 Å². The zero-order valence-electron chi connectivity index (χ0n) is 11.4. The van der Waals surface area contributed by atoms with Crippen LogP contribution in [0.25, 0.3) is 0 Å². The third kappa shape index (κ3) is 3.40. The van der Waals surface area contributed by atoms with Crippen molar-refractivity contribution in [2.45, 2.75) is 19.9 Å². The molecule has 0 aliphatic heterocycles. The van der Waals surface area contributed by atoms with E-state index in [4.69, 9.17) is 11.6 Å². The Bertz CT molecular complexity index is 615. The van der Waals surface area contributed by atoms with Crippen LogP contribution in [0.4, 0.5) is 4.39 Å². The lowest BCUT2D eigenvalue weighted by Crippen LogP contribution is -2.22. The summed E-state index contributed by atoms with van der Waals surface area (Å²) in [5.74, 6) is -0.198. The van der Waals surface area contributed by atoms with E-state index in [-0.39, 0.29) is 11.9 Å². The molecule has 0 radical (unpaired) electrons. The van der Waals surface area contributed by atoms with Gasteiger partial charge in [0.1, 0.15) is 5.82 Å². The zero-order chi connectivity index (χ0) is 14.7. The number of halogens is 3. The molecule has 106 valence electrons. The summed E-state index contributed by atoms with van der Waals surface area (Å²) in [6.45, 7) is 4.54. The monoisotopic (exact) mass is 355 g/mol. The topological polar surface area (TPSA) is 12.0 Å². The molecule has 0 aliphatic rings. The quantitative estimate of drug-likeness (QED) is 0.789. The average molecular weight is 357 g/mol. The lowest BCUT2D eigenvalue weighted by atomic mass is 9.97. The maximum absolute atomic E-state index is 13.8. The van der Waals surface area contributed by atoms with Crippen LogP contribution in [0, 0.1) is 12.7 Å². The van der Waals surface area contributed by atoms with Crippen LogP contribution >= 0.6 is 27.5 Å². The molecule has 0 amide bonds. The second-order valence-electron chi connectivity index (χ2n) is 4.67. The van der Waals surface area contributed by atoms with E-state index in [1.54, 1.807) is 19.1 Å². The van der Waals surface area contributed by atoms with Crippen LogP contribution in [-0.4, -0.2) is 6.54 Å². The molecule has 4 heteroatoms. The van der Waals surface area contributed by atoms with Gasteiger partial charge in [-0.05, 0) is 54.4 Å². The van der Waals surface area contributed by atoms with E-state index in [0.717, 1.165) is 22.1 Å². The van der Waals surface area contributed by atoms with Crippen molar-refractivity contribution < 1.29 is 4.39 Å². The molecule has 20 heavy (non-hydrogen) atoms. The van der Waals surface area contributed by atoms with E-state index in [9.17, 15) is 4.39 Å². The highest BCUT2D eigenvalue weighted by molar-refractivity contribution is 9.10. The molecule has 0 heterocycles. The van der Waals surface area contributed by atoms with Gasteiger partial charge in [-0.2, -0.15) is 0 Å². The molecule has 2 aromatic rings. The standard InChI is InChI=1S/C16H16BrClFN/c1-3-20-16(11-5-4-10(2)15(19)8-11)13-9-12(17)6-7-14(13)18/h4-9,16,20H,3H2,1-2H3. The Morgan fingerprint density at radius 1 is 1.25 bits per heavy atom. The van der Waals surface area contributed by atoms with Gasteiger partial charge < -0.3 is 5.32 Å². The molecule has 1 nitrogen and oxygen atoms in total. The first-order valence-electron chi connectivity index (χ1n) is 6.47. The number of benzene rings is 2. The molecule has 1 atom stereocenters. The molecular weight excluding hydrogens is 341 g/mol. The lowest BCUT2D eigenvalue weighted by Gasteiger charge is -2.21. The minimum atomic E-state index is -0.198. The van der Waals surface area contributed by atoms with E-state index in [2.05, 4.69) is 21.2 Å². The first-order valence-corrected chi connectivity index (χ1v) is 7.64. The van der Waals surface area contributed by atoms with Crippen LogP contribution in [-0.2, 0) is 0 Å². The first-order chi connectivity index (χ1) is 9.52. The highest BCUT2D eigenvalue weighted by Crippen LogP contribution is 2.31. The minimum Gasteiger partial charge on any atom is -0.306 e. The third-order valence-electron chi connectivity index (χ3n) is 3.21. The third-order valence-corrected chi connectivity index (χ3v) is 4.04. The van der Waals surface area contributed by atoms with Gasteiger partial charge in [0.25, 0.3) is 0 Å². The normalized spacial score (nSPS) is 12.4. The van der Waals surface area contributed by atoms with Gasteiger partial charge in [0, 0.05) is 9.50 Å². The predicted octanol–water partition coefficient (Wildman–Crippen LogP) is 5.25. The van der Waals surface area contributed by atoms with Gasteiger partial charge in [0.15, 0.2) is 0 Å². The van der Waals surface area contributed by atoms with Crippen molar-refractivity contribution in [1.82, 2.24) is 5.32 Å². The molecule has 0 aliphatic carbocycles. The van der Waals surface area contributed by atoms with Crippen LogP contribution in [0.2, 0.25) is 5.02 Å². The molecule has 2 rings (SSSR count). The van der Waals surface area contributed by atoms with Crippen LogP contribution in [0.15, 0.2) is 40.9 Å². The van der Waals surface area contributed by atoms with Crippen molar-refractivity contribution in [1.29, 1.82) is 0 Å². The minimum absolute atomic E-state index is 0.125. The number of nitrogens with one attached hydrogen (secondary N) is 1. The summed E-state index contributed by atoms with van der Waals surface area (Å²) in [7, 11) is 0. The van der Waals surface area contributed by atoms with Gasteiger partial charge in [0.05, 0.1) is 6.04 Å². The Morgan fingerprint density at radius 3 is 2.65 bits per heavy atom. The van der Waals surface area contributed by atoms with Crippen molar-refractivity contribution in [2.24, 2.45) is 0 Å². The summed E-state index contributed by atoms with van der Waals surface area (Å²) in [5.41, 5.74) is 2.45. The molecule has 0 fully saturated rings. The molecule has 0 aromatic heterocycles. The second-order valence-corrected chi connectivity index (χ2v) is 5.99. The van der Waals surface area contributed by atoms with Gasteiger partial charge in [0.2, 0.25) is 0 Å². The Balaban J connectivity index is 2.49. The molecular formula is C16H16BrClFN. The Morgan fingerprint density at radius 2 is 2.00 bits per heavy atom. The molecule has 0 spiro atoms. The average Bonchev–Trinajstić information content (AvgIpc) is 2.42. The van der Waals surface area contributed by atoms with E-state index >= 15 is 0 Å². The van der Waals surface area contributed by atoms with Gasteiger partial charge in [-0.1, -0.05) is 46.6 Å². The molecule has 2 aromatic carbocycles. The largest absolute Gasteiger partial charge is 0.306 e. The van der Waals surface area contributed by atoms with Crippen molar-refractivity contribution >= 4 is 27.5 Å². The molecule has 0 saturated heterocycles. The predicted molar refractivity (Wildman–Crippen MR) is 85.8 cm³/mol. The zero-order valence-corrected chi connectivity index (χ0v) is 13.7. The molecule has 1 unspecified atom stereocenters. The number of aryl methyl sites for hydroxylation is 1. The molecule has 0 bridgehead atoms. The summed E-state index contributed by atoms with van der Waals surface area (Å²) in [5, 5.41) is 4.02. The van der Waals surface area contributed by atoms with E-state index < -0.39 is 0 Å². The molecule has 0 saturated carbocycles. The Kier molecular flexibility index (Phi) is 5.19. The summed E-state index contributed by atoms with van der Waals surface area (Å²) in [4.78, 5) is 0. The highest BCUT2D eigenvalue weighted by Gasteiger charge is 2.17. The Labute approximate surface area is 132 Å². The van der Waals surface area contributed by atoms with E-state index in [1.807, 2.05) is 31.2 Å². The molecule has 1 N–H and O–H groups in total. The fraction of sp³-hybridized carbons (Fsp3) is 0.250. The van der Waals surface area contributed by atoms with Gasteiger partial charge in [-0.15, -0.1) is 0 Å². The smallest absolute Gasteiger partial charge is 0.126 e. The summed E-state index contributed by atoms with van der Waals surface area (Å²) in [6, 6.07) is 10.9. The number of hydrogen-bond donors (Lipinski definition) is 1. The summed E-state index contributed by atoms with van der Waals surface area (Å²) < 4.78 is 14.8. The van der Waals surface area contributed by atoms with Crippen LogP contribution in [0.1, 0.15) is 29.7 Å². The Hall–Kier alpha value is -0.900. The van der Waals surface area contributed by atoms with E-state index in [1.165, 1.54) is 0 Å². The summed E-state index contributed by atoms with van der Waals surface area (Å²) in [6.07, 6.45) is 0. The fourth-order valence-electron chi connectivity index (χ4n) is 2.14. The SMILES string of the molecule is CCNC(c1ccc(C)c(F)c1)c1cc(Br)ccc1Cl. The van der Waals surface area contributed by atoms with Crippen molar-refractivity contribution in [3.63, 3.8) is 0 Å². The number of rotatable bonds is 4. The van der Waals surface area contributed by atoms with Crippen LogP contribution < -0.4 is 5.32 Å². The van der Waals surface area contributed by atoms with Crippen LogP contribution in [0.3, 0.4) is 0 Å².